The van der Waals surface area contributed by atoms with Gasteiger partial charge in [-0.2, -0.15) is 0 Å². The molecule has 0 aliphatic carbocycles. The highest BCUT2D eigenvalue weighted by Gasteiger charge is 2.12. The molecule has 0 rings (SSSR count). The Bertz CT molecular complexity index is 195. The molecule has 14 heavy (non-hydrogen) atoms. The molecule has 0 saturated carbocycles. The maximum Gasteiger partial charge on any atom is 0.222 e. The Morgan fingerprint density at radius 2 is 2.00 bits per heavy atom. The highest BCUT2D eigenvalue weighted by atomic mass is 32.1. The van der Waals surface area contributed by atoms with E-state index in [1.807, 2.05) is 6.92 Å². The van der Waals surface area contributed by atoms with Crippen LogP contribution in [0.15, 0.2) is 0 Å². The number of rotatable bonds is 7. The molecule has 3 nitrogen and oxygen atoms in total. The van der Waals surface area contributed by atoms with Crippen molar-refractivity contribution in [3.8, 4) is 0 Å². The molecule has 0 aromatic rings. The average molecular weight is 216 g/mol. The molecule has 1 amide bonds. The highest BCUT2D eigenvalue weighted by Crippen LogP contribution is 2.01. The zero-order valence-corrected chi connectivity index (χ0v) is 9.90. The van der Waals surface area contributed by atoms with Crippen LogP contribution < -0.4 is 5.73 Å². The van der Waals surface area contributed by atoms with E-state index >= 15 is 0 Å². The van der Waals surface area contributed by atoms with Crippen LogP contribution in [-0.2, 0) is 4.79 Å². The van der Waals surface area contributed by atoms with Crippen molar-refractivity contribution in [2.24, 2.45) is 5.73 Å². The molecule has 0 unspecified atom stereocenters. The van der Waals surface area contributed by atoms with Crippen LogP contribution in [0.1, 0.15) is 39.5 Å². The van der Waals surface area contributed by atoms with E-state index in [9.17, 15) is 4.79 Å². The smallest absolute Gasteiger partial charge is 0.222 e. The van der Waals surface area contributed by atoms with Crippen LogP contribution in [0.25, 0.3) is 0 Å². The molecule has 82 valence electrons. The molecular formula is C10H20N2OS. The molecule has 0 aliphatic rings. The summed E-state index contributed by atoms with van der Waals surface area (Å²) >= 11 is 4.80. The Balaban J connectivity index is 4.03. The summed E-state index contributed by atoms with van der Waals surface area (Å²) in [6.07, 6.45) is 3.54. The Labute approximate surface area is 91.6 Å². The number of nitrogens with zero attached hydrogens (tertiary/aromatic N) is 1. The van der Waals surface area contributed by atoms with Crippen LogP contribution in [0.3, 0.4) is 0 Å². The van der Waals surface area contributed by atoms with Gasteiger partial charge in [0.2, 0.25) is 5.91 Å². The lowest BCUT2D eigenvalue weighted by molar-refractivity contribution is -0.130. The molecule has 0 aromatic heterocycles. The second-order valence-corrected chi connectivity index (χ2v) is 3.91. The van der Waals surface area contributed by atoms with Gasteiger partial charge in [0.1, 0.15) is 0 Å². The lowest BCUT2D eigenvalue weighted by Gasteiger charge is -2.21. The van der Waals surface area contributed by atoms with Gasteiger partial charge >= 0.3 is 0 Å². The van der Waals surface area contributed by atoms with Gasteiger partial charge in [-0.05, 0) is 12.8 Å². The monoisotopic (exact) mass is 216 g/mol. The van der Waals surface area contributed by atoms with Gasteiger partial charge in [-0.25, -0.2) is 0 Å². The molecule has 0 atom stereocenters. The first-order valence-electron chi connectivity index (χ1n) is 5.17. The third kappa shape index (κ3) is 5.91. The number of amides is 1. The molecule has 0 bridgehead atoms. The maximum absolute atomic E-state index is 11.6. The van der Waals surface area contributed by atoms with Gasteiger partial charge in [-0.3, -0.25) is 4.79 Å². The predicted octanol–water partition coefficient (Wildman–Crippen LogP) is 1.70. The fourth-order valence-electron chi connectivity index (χ4n) is 1.24. The van der Waals surface area contributed by atoms with Crippen molar-refractivity contribution in [3.63, 3.8) is 0 Å². The van der Waals surface area contributed by atoms with Crippen molar-refractivity contribution < 1.29 is 4.79 Å². The minimum Gasteiger partial charge on any atom is -0.392 e. The third-order valence-corrected chi connectivity index (χ3v) is 2.07. The quantitative estimate of drug-likeness (QED) is 0.659. The Kier molecular flexibility index (Phi) is 7.38. The zero-order chi connectivity index (χ0) is 11.0. The molecule has 0 aromatic carbocycles. The first-order chi connectivity index (χ1) is 6.61. The van der Waals surface area contributed by atoms with Crippen LogP contribution in [0.2, 0.25) is 0 Å². The number of carbonyl (C=O) groups is 1. The van der Waals surface area contributed by atoms with E-state index < -0.39 is 0 Å². The largest absolute Gasteiger partial charge is 0.392 e. The molecule has 0 saturated heterocycles. The summed E-state index contributed by atoms with van der Waals surface area (Å²) in [4.78, 5) is 13.8. The minimum atomic E-state index is 0.168. The van der Waals surface area contributed by atoms with Gasteiger partial charge in [0.25, 0.3) is 0 Å². The summed E-state index contributed by atoms with van der Waals surface area (Å²) in [6, 6.07) is 0. The van der Waals surface area contributed by atoms with E-state index in [0.29, 0.717) is 18.0 Å². The van der Waals surface area contributed by atoms with Gasteiger partial charge in [-0.1, -0.05) is 32.5 Å². The summed E-state index contributed by atoms with van der Waals surface area (Å²) in [5, 5.41) is 0. The summed E-state index contributed by atoms with van der Waals surface area (Å²) in [5.41, 5.74) is 5.43. The fraction of sp³-hybridized carbons (Fsp3) is 0.800. The highest BCUT2D eigenvalue weighted by molar-refractivity contribution is 7.80. The van der Waals surface area contributed by atoms with E-state index in [2.05, 4.69) is 6.92 Å². The number of hydrogen-bond donors (Lipinski definition) is 1. The molecule has 0 aliphatic heterocycles. The summed E-state index contributed by atoms with van der Waals surface area (Å²) in [5.74, 6) is 0.168. The molecule has 0 heterocycles. The number of thiocarbonyl (C=S) groups is 1. The van der Waals surface area contributed by atoms with Crippen molar-refractivity contribution in [1.29, 1.82) is 0 Å². The van der Waals surface area contributed by atoms with Gasteiger partial charge in [0, 0.05) is 13.0 Å². The normalized spacial score (nSPS) is 9.86. The number of unbranched alkanes of at least 4 members (excludes halogenated alkanes) is 1. The summed E-state index contributed by atoms with van der Waals surface area (Å²) < 4.78 is 0. The Morgan fingerprint density at radius 3 is 2.43 bits per heavy atom. The second-order valence-electron chi connectivity index (χ2n) is 3.39. The van der Waals surface area contributed by atoms with Gasteiger partial charge < -0.3 is 10.6 Å². The van der Waals surface area contributed by atoms with Crippen molar-refractivity contribution >= 4 is 23.1 Å². The first-order valence-corrected chi connectivity index (χ1v) is 5.58. The van der Waals surface area contributed by atoms with E-state index in [1.165, 1.54) is 0 Å². The topological polar surface area (TPSA) is 46.3 Å². The molecule has 0 radical (unpaired) electrons. The Hall–Kier alpha value is -0.640. The molecule has 0 spiro atoms. The van der Waals surface area contributed by atoms with Crippen LogP contribution in [-0.4, -0.2) is 28.9 Å². The van der Waals surface area contributed by atoms with Gasteiger partial charge in [0.05, 0.1) is 11.5 Å². The van der Waals surface area contributed by atoms with Crippen molar-refractivity contribution in [3.05, 3.63) is 0 Å². The predicted molar refractivity (Wildman–Crippen MR) is 63.2 cm³/mol. The lowest BCUT2D eigenvalue weighted by Crippen LogP contribution is -2.38. The summed E-state index contributed by atoms with van der Waals surface area (Å²) in [6.45, 7) is 5.29. The standard InChI is InChI=1S/C10H20N2OS/c1-3-5-6-10(13)12(7-4-2)8-9(11)14/h3-8H2,1-2H3,(H2,11,14). The molecular weight excluding hydrogens is 196 g/mol. The van der Waals surface area contributed by atoms with Crippen LogP contribution >= 0.6 is 12.2 Å². The van der Waals surface area contributed by atoms with E-state index in [-0.39, 0.29) is 5.91 Å². The lowest BCUT2D eigenvalue weighted by atomic mass is 10.2. The average Bonchev–Trinajstić information content (AvgIpc) is 2.13. The maximum atomic E-state index is 11.6. The SMILES string of the molecule is CCCCC(=O)N(CCC)CC(N)=S. The molecule has 2 N–H and O–H groups in total. The van der Waals surface area contributed by atoms with E-state index in [0.717, 1.165) is 25.8 Å². The zero-order valence-electron chi connectivity index (χ0n) is 9.08. The molecule has 0 fully saturated rings. The Morgan fingerprint density at radius 1 is 1.36 bits per heavy atom. The minimum absolute atomic E-state index is 0.168. The van der Waals surface area contributed by atoms with E-state index in [1.54, 1.807) is 4.90 Å². The fourth-order valence-corrected chi connectivity index (χ4v) is 1.39. The number of nitrogens with two attached hydrogens (primary N) is 1. The van der Waals surface area contributed by atoms with Crippen molar-refractivity contribution in [2.75, 3.05) is 13.1 Å². The van der Waals surface area contributed by atoms with Crippen molar-refractivity contribution in [2.45, 2.75) is 39.5 Å². The van der Waals surface area contributed by atoms with Gasteiger partial charge in [-0.15, -0.1) is 0 Å². The first kappa shape index (κ1) is 13.4. The van der Waals surface area contributed by atoms with Crippen LogP contribution in [0.5, 0.6) is 0 Å². The summed E-state index contributed by atoms with van der Waals surface area (Å²) in [7, 11) is 0. The van der Waals surface area contributed by atoms with Crippen molar-refractivity contribution in [1.82, 2.24) is 4.90 Å². The van der Waals surface area contributed by atoms with E-state index in [4.69, 9.17) is 18.0 Å². The number of carbonyl (C=O) groups excluding carboxylic acids is 1. The third-order valence-electron chi connectivity index (χ3n) is 1.94. The number of hydrogen-bond acceptors (Lipinski definition) is 2. The van der Waals surface area contributed by atoms with Crippen LogP contribution in [0, 0.1) is 0 Å². The second kappa shape index (κ2) is 7.74. The van der Waals surface area contributed by atoms with Crippen LogP contribution in [0.4, 0.5) is 0 Å². The molecule has 4 heteroatoms. The van der Waals surface area contributed by atoms with Gasteiger partial charge in [0.15, 0.2) is 0 Å².